The molecule has 0 aliphatic heterocycles. The molecule has 0 saturated heterocycles. The molecule has 0 bridgehead atoms. The quantitative estimate of drug-likeness (QED) is 0.0467. The number of hydrogen-bond acceptors (Lipinski definition) is 8. The number of aryl methyl sites for hydroxylation is 1. The van der Waals surface area contributed by atoms with Crippen molar-refractivity contribution >= 4 is 58.7 Å². The topological polar surface area (TPSA) is 227 Å². The Kier molecular flexibility index (Phi) is 18.0. The average molecular weight is 809 g/mol. The lowest BCUT2D eigenvalue weighted by Gasteiger charge is -2.35. The first kappa shape index (κ1) is 45.5. The number of rotatable bonds is 23. The number of primary amides is 1. The van der Waals surface area contributed by atoms with Crippen molar-refractivity contribution in [2.45, 2.75) is 103 Å². The molecule has 3 aromatic rings. The molecule has 1 saturated carbocycles. The smallest absolute Gasteiger partial charge is 0.323 e. The highest BCUT2D eigenvalue weighted by molar-refractivity contribution is 6.00. The van der Waals surface area contributed by atoms with Crippen molar-refractivity contribution in [3.05, 3.63) is 95.8 Å². The van der Waals surface area contributed by atoms with E-state index in [9.17, 15) is 38.7 Å². The lowest BCUT2D eigenvalue weighted by atomic mass is 9.69. The third-order valence-electron chi connectivity index (χ3n) is 10.7. The summed E-state index contributed by atoms with van der Waals surface area (Å²) in [5, 5.41) is 20.5. The zero-order chi connectivity index (χ0) is 42.6. The molecule has 1 aliphatic carbocycles. The molecule has 59 heavy (non-hydrogen) atoms. The number of anilines is 2. The van der Waals surface area contributed by atoms with Gasteiger partial charge in [0.15, 0.2) is 5.78 Å². The van der Waals surface area contributed by atoms with Crippen molar-refractivity contribution in [3.8, 4) is 0 Å². The molecule has 0 spiro atoms. The summed E-state index contributed by atoms with van der Waals surface area (Å²) in [7, 11) is 0. The molecule has 314 valence electrons. The third kappa shape index (κ3) is 15.6. The van der Waals surface area contributed by atoms with E-state index >= 15 is 0 Å². The highest BCUT2D eigenvalue weighted by Gasteiger charge is 2.41. The van der Waals surface area contributed by atoms with Gasteiger partial charge in [-0.1, -0.05) is 62.1 Å². The molecule has 14 heteroatoms. The van der Waals surface area contributed by atoms with Crippen molar-refractivity contribution in [2.75, 3.05) is 17.2 Å². The van der Waals surface area contributed by atoms with Crippen LogP contribution in [0.3, 0.4) is 0 Å². The molecule has 2 aromatic carbocycles. The number of aromatic nitrogens is 1. The minimum Gasteiger partial charge on any atom is -0.481 e. The number of carbonyl (C=O) groups is 7. The van der Waals surface area contributed by atoms with Gasteiger partial charge in [0.1, 0.15) is 5.78 Å². The lowest BCUT2D eigenvalue weighted by Crippen LogP contribution is -2.48. The van der Waals surface area contributed by atoms with Crippen LogP contribution in [0.1, 0.15) is 100 Å². The Morgan fingerprint density at radius 3 is 2.31 bits per heavy atom. The summed E-state index contributed by atoms with van der Waals surface area (Å²) in [4.78, 5) is 94.2. The molecular formula is C45H56N6O8. The Hall–Kier alpha value is -6.18. The molecule has 1 aliphatic rings. The first-order valence-corrected chi connectivity index (χ1v) is 20.3. The van der Waals surface area contributed by atoms with Gasteiger partial charge in [0.05, 0.1) is 11.5 Å². The molecular weight excluding hydrogens is 753 g/mol. The number of nitrogens with one attached hydrogen (secondary N) is 4. The molecule has 1 aromatic heterocycles. The number of carboxylic acids is 1. The third-order valence-corrected chi connectivity index (χ3v) is 10.7. The Bertz CT molecular complexity index is 1940. The van der Waals surface area contributed by atoms with Gasteiger partial charge in [-0.3, -0.25) is 33.8 Å². The van der Waals surface area contributed by atoms with Gasteiger partial charge < -0.3 is 32.1 Å². The monoisotopic (exact) mass is 808 g/mol. The zero-order valence-corrected chi connectivity index (χ0v) is 33.7. The minimum atomic E-state index is -1.06. The number of nitrogens with two attached hydrogens (primary N) is 1. The molecule has 5 amide bonds. The van der Waals surface area contributed by atoms with Crippen LogP contribution in [0.4, 0.5) is 16.2 Å². The second-order valence-electron chi connectivity index (χ2n) is 15.3. The fourth-order valence-corrected chi connectivity index (χ4v) is 7.29. The van der Waals surface area contributed by atoms with Crippen LogP contribution in [0.2, 0.25) is 0 Å². The number of unbranched alkanes of at least 4 members (excludes halogenated alkanes) is 1. The maximum Gasteiger partial charge on any atom is 0.323 e. The van der Waals surface area contributed by atoms with E-state index in [-0.39, 0.29) is 56.6 Å². The number of nitrogens with zero attached hydrogens (tertiary/aromatic N) is 1. The van der Waals surface area contributed by atoms with Crippen LogP contribution >= 0.6 is 0 Å². The predicted octanol–water partition coefficient (Wildman–Crippen LogP) is 6.29. The number of ketones is 2. The molecule has 1 fully saturated rings. The van der Waals surface area contributed by atoms with Crippen LogP contribution in [0.5, 0.6) is 0 Å². The van der Waals surface area contributed by atoms with E-state index < -0.39 is 47.0 Å². The van der Waals surface area contributed by atoms with Gasteiger partial charge in [-0.25, -0.2) is 4.79 Å². The summed E-state index contributed by atoms with van der Waals surface area (Å²) in [6.45, 7) is 2.22. The first-order chi connectivity index (χ1) is 28.3. The van der Waals surface area contributed by atoms with Crippen LogP contribution in [0.15, 0.2) is 79.1 Å². The number of aliphatic carboxylic acids is 1. The molecule has 0 unspecified atom stereocenters. The van der Waals surface area contributed by atoms with Gasteiger partial charge in [0.2, 0.25) is 17.7 Å². The molecule has 2 atom stereocenters. The van der Waals surface area contributed by atoms with Crippen molar-refractivity contribution in [1.82, 2.24) is 15.6 Å². The van der Waals surface area contributed by atoms with Gasteiger partial charge in [0, 0.05) is 68.0 Å². The Balaban J connectivity index is 1.41. The normalized spacial score (nSPS) is 14.4. The first-order valence-electron chi connectivity index (χ1n) is 20.3. The largest absolute Gasteiger partial charge is 0.481 e. The summed E-state index contributed by atoms with van der Waals surface area (Å²) in [6, 6.07) is 16.3. The standard InChI is InChI=1S/C45H56N6O8/c1-31-11-3-4-14-37(31)51-44(59)49-35-20-17-32(18-21-35)27-36(52)28-34(13-5-8-26-48-40(54)22-19-33-12-10-25-47-30-33)42(57)50-38(15-9-16-41(55)56)39(53)29-45(43(46)58)23-6-2-7-24-45/h3-4,10-12,14,17-22,25,30,34,38H,2,5-9,13,15-16,23-24,26-29H2,1H3,(H2,46,58)(H,48,54)(H,50,57)(H,55,56)(H2,49,51,59)/b22-19+/t34-,38+/m1/s1. The van der Waals surface area contributed by atoms with Crippen LogP contribution in [-0.2, 0) is 35.2 Å². The summed E-state index contributed by atoms with van der Waals surface area (Å²) in [5.41, 5.74) is 8.36. The molecule has 7 N–H and O–H groups in total. The number of benzene rings is 2. The number of para-hydroxylation sites is 1. The summed E-state index contributed by atoms with van der Waals surface area (Å²) < 4.78 is 0. The second kappa shape index (κ2) is 23.3. The zero-order valence-electron chi connectivity index (χ0n) is 33.7. The van der Waals surface area contributed by atoms with E-state index in [2.05, 4.69) is 26.3 Å². The number of pyridine rings is 1. The fourth-order valence-electron chi connectivity index (χ4n) is 7.29. The van der Waals surface area contributed by atoms with E-state index in [1.807, 2.05) is 31.2 Å². The summed E-state index contributed by atoms with van der Waals surface area (Å²) in [6.07, 6.45) is 10.6. The maximum absolute atomic E-state index is 14.0. The van der Waals surface area contributed by atoms with Gasteiger partial charge in [-0.05, 0) is 92.5 Å². The SMILES string of the molecule is Cc1ccccc1NC(=O)Nc1ccc(CC(=O)C[C@@H](CCCCNC(=O)/C=C/c2cccnc2)C(=O)N[C@@H](CCCC(=O)O)C(=O)CC2(C(N)=O)CCCCC2)cc1. The van der Waals surface area contributed by atoms with Crippen LogP contribution in [0, 0.1) is 18.3 Å². The Morgan fingerprint density at radius 2 is 1.63 bits per heavy atom. The van der Waals surface area contributed by atoms with E-state index in [1.54, 1.807) is 54.9 Å². The van der Waals surface area contributed by atoms with Crippen LogP contribution in [-0.4, -0.2) is 64.0 Å². The molecule has 4 rings (SSSR count). The van der Waals surface area contributed by atoms with E-state index in [0.717, 1.165) is 30.4 Å². The van der Waals surface area contributed by atoms with Gasteiger partial charge in [0.25, 0.3) is 0 Å². The predicted molar refractivity (Wildman–Crippen MR) is 225 cm³/mol. The molecule has 0 radical (unpaired) electrons. The number of carboxylic acid groups (broad SMARTS) is 1. The highest BCUT2D eigenvalue weighted by Crippen LogP contribution is 2.40. The molecule has 1 heterocycles. The summed E-state index contributed by atoms with van der Waals surface area (Å²) >= 11 is 0. The van der Waals surface area contributed by atoms with Crippen LogP contribution < -0.4 is 27.0 Å². The summed E-state index contributed by atoms with van der Waals surface area (Å²) in [5.74, 6) is -3.85. The molecule has 14 nitrogen and oxygen atoms in total. The Labute approximate surface area is 345 Å². The fraction of sp³-hybridized carbons (Fsp3) is 0.422. The minimum absolute atomic E-state index is 0.0148. The lowest BCUT2D eigenvalue weighted by molar-refractivity contribution is -0.138. The van der Waals surface area contributed by atoms with Gasteiger partial charge in [-0.2, -0.15) is 0 Å². The highest BCUT2D eigenvalue weighted by atomic mass is 16.4. The van der Waals surface area contributed by atoms with E-state index in [4.69, 9.17) is 5.73 Å². The average Bonchev–Trinajstić information content (AvgIpc) is 3.21. The van der Waals surface area contributed by atoms with Crippen molar-refractivity contribution in [2.24, 2.45) is 17.1 Å². The van der Waals surface area contributed by atoms with Crippen molar-refractivity contribution in [3.63, 3.8) is 0 Å². The number of carbonyl (C=O) groups excluding carboxylic acids is 6. The Morgan fingerprint density at radius 1 is 0.881 bits per heavy atom. The number of urea groups is 1. The van der Waals surface area contributed by atoms with E-state index in [0.29, 0.717) is 49.2 Å². The second-order valence-corrected chi connectivity index (χ2v) is 15.3. The number of amides is 5. The van der Waals surface area contributed by atoms with Gasteiger partial charge >= 0.3 is 12.0 Å². The van der Waals surface area contributed by atoms with Gasteiger partial charge in [-0.15, -0.1) is 0 Å². The van der Waals surface area contributed by atoms with Crippen molar-refractivity contribution in [1.29, 1.82) is 0 Å². The maximum atomic E-state index is 14.0. The van der Waals surface area contributed by atoms with E-state index in [1.165, 1.54) is 6.08 Å². The van der Waals surface area contributed by atoms with Crippen LogP contribution in [0.25, 0.3) is 6.08 Å². The number of hydrogen-bond donors (Lipinski definition) is 6. The number of Topliss-reactive ketones (excluding diaryl/α,β-unsaturated/α-hetero) is 2. The van der Waals surface area contributed by atoms with Crippen molar-refractivity contribution < 1.29 is 38.7 Å².